The first-order valence-corrected chi connectivity index (χ1v) is 7.92. The third-order valence-corrected chi connectivity index (χ3v) is 4.35. The van der Waals surface area contributed by atoms with Gasteiger partial charge < -0.3 is 19.4 Å². The minimum Gasteiger partial charge on any atom is -0.486 e. The molecule has 0 aliphatic carbocycles. The number of nitrogens with one attached hydrogen (secondary N) is 1. The molecular formula is C17H19N3O3. The Labute approximate surface area is 134 Å². The van der Waals surface area contributed by atoms with Gasteiger partial charge in [-0.1, -0.05) is 0 Å². The number of amides is 1. The molecule has 0 spiro atoms. The topological polar surface area (TPSA) is 65.4 Å². The van der Waals surface area contributed by atoms with E-state index in [1.807, 2.05) is 25.3 Å². The minimum atomic E-state index is 0.132. The summed E-state index contributed by atoms with van der Waals surface area (Å²) in [5.41, 5.74) is 2.13. The second-order valence-corrected chi connectivity index (χ2v) is 6.02. The lowest BCUT2D eigenvalue weighted by Gasteiger charge is -2.21. The zero-order valence-corrected chi connectivity index (χ0v) is 13.0. The lowest BCUT2D eigenvalue weighted by atomic mass is 10.1. The van der Waals surface area contributed by atoms with Crippen molar-refractivity contribution in [1.82, 2.24) is 14.9 Å². The Morgan fingerprint density at radius 3 is 2.83 bits per heavy atom. The molecule has 6 heteroatoms. The molecule has 1 fully saturated rings. The first-order valence-electron chi connectivity index (χ1n) is 7.92. The van der Waals surface area contributed by atoms with Gasteiger partial charge in [0, 0.05) is 37.0 Å². The molecule has 4 rings (SSSR count). The van der Waals surface area contributed by atoms with Crippen molar-refractivity contribution in [2.24, 2.45) is 0 Å². The number of hydrogen-bond acceptors (Lipinski definition) is 4. The maximum absolute atomic E-state index is 11.4. The Hall–Kier alpha value is -2.50. The summed E-state index contributed by atoms with van der Waals surface area (Å²) in [7, 11) is 0. The van der Waals surface area contributed by atoms with Crippen LogP contribution < -0.4 is 14.8 Å². The van der Waals surface area contributed by atoms with Gasteiger partial charge >= 0.3 is 0 Å². The standard InChI is InChI=1S/C17H19N3O3/c1-11-8-14-15(23-7-6-22-14)9-13(11)17-18-4-5-20(17)10-12-2-3-16(21)19-12/h4-5,8-9,12H,2-3,6-7,10H2,1H3,(H,19,21). The summed E-state index contributed by atoms with van der Waals surface area (Å²) in [5, 5.41) is 3.00. The van der Waals surface area contributed by atoms with Crippen molar-refractivity contribution in [3.63, 3.8) is 0 Å². The zero-order chi connectivity index (χ0) is 15.8. The van der Waals surface area contributed by atoms with Crippen molar-refractivity contribution in [2.45, 2.75) is 32.4 Å². The molecule has 2 aliphatic rings. The van der Waals surface area contributed by atoms with E-state index in [9.17, 15) is 4.79 Å². The molecule has 2 aromatic rings. The van der Waals surface area contributed by atoms with Crippen LogP contribution in [0.3, 0.4) is 0 Å². The largest absolute Gasteiger partial charge is 0.486 e. The summed E-state index contributed by atoms with van der Waals surface area (Å²) >= 11 is 0. The van der Waals surface area contributed by atoms with E-state index < -0.39 is 0 Å². The predicted molar refractivity (Wildman–Crippen MR) is 84.6 cm³/mol. The van der Waals surface area contributed by atoms with Crippen LogP contribution in [0.2, 0.25) is 0 Å². The highest BCUT2D eigenvalue weighted by atomic mass is 16.6. The highest BCUT2D eigenvalue weighted by Crippen LogP contribution is 2.36. The molecule has 1 aromatic carbocycles. The van der Waals surface area contributed by atoms with Crippen molar-refractivity contribution in [2.75, 3.05) is 13.2 Å². The van der Waals surface area contributed by atoms with Crippen LogP contribution in [0.5, 0.6) is 11.5 Å². The van der Waals surface area contributed by atoms with E-state index in [1.165, 1.54) is 0 Å². The zero-order valence-electron chi connectivity index (χ0n) is 13.0. The number of rotatable bonds is 3. The summed E-state index contributed by atoms with van der Waals surface area (Å²) in [6.07, 6.45) is 5.23. The fourth-order valence-electron chi connectivity index (χ4n) is 3.18. The number of benzene rings is 1. The predicted octanol–water partition coefficient (Wildman–Crippen LogP) is 1.91. The SMILES string of the molecule is Cc1cc2c(cc1-c1nccn1CC1CCC(=O)N1)OCCO2. The Morgan fingerprint density at radius 1 is 1.30 bits per heavy atom. The van der Waals surface area contributed by atoms with Gasteiger partial charge in [-0.05, 0) is 31.0 Å². The number of carbonyl (C=O) groups is 1. The molecule has 120 valence electrons. The monoisotopic (exact) mass is 313 g/mol. The molecule has 1 unspecified atom stereocenters. The third-order valence-electron chi connectivity index (χ3n) is 4.35. The van der Waals surface area contributed by atoms with Crippen LogP contribution in [0, 0.1) is 6.92 Å². The van der Waals surface area contributed by atoms with Gasteiger partial charge in [-0.25, -0.2) is 4.98 Å². The summed E-state index contributed by atoms with van der Waals surface area (Å²) in [5.74, 6) is 2.58. The molecule has 1 saturated heterocycles. The van der Waals surface area contributed by atoms with Crippen LogP contribution in [0.15, 0.2) is 24.5 Å². The van der Waals surface area contributed by atoms with Crippen molar-refractivity contribution in [1.29, 1.82) is 0 Å². The molecule has 0 bridgehead atoms. The van der Waals surface area contributed by atoms with Crippen LogP contribution >= 0.6 is 0 Å². The van der Waals surface area contributed by atoms with Gasteiger partial charge in [-0.15, -0.1) is 0 Å². The average Bonchev–Trinajstić information content (AvgIpc) is 3.16. The number of carbonyl (C=O) groups excluding carboxylic acids is 1. The summed E-state index contributed by atoms with van der Waals surface area (Å²) in [4.78, 5) is 15.9. The highest BCUT2D eigenvalue weighted by Gasteiger charge is 2.23. The van der Waals surface area contributed by atoms with Gasteiger partial charge in [0.2, 0.25) is 5.91 Å². The first-order chi connectivity index (χ1) is 11.2. The molecule has 2 aliphatic heterocycles. The number of imidazole rings is 1. The Morgan fingerprint density at radius 2 is 2.09 bits per heavy atom. The maximum atomic E-state index is 11.4. The molecule has 1 N–H and O–H groups in total. The van der Waals surface area contributed by atoms with E-state index in [0.29, 0.717) is 19.6 Å². The average molecular weight is 313 g/mol. The van der Waals surface area contributed by atoms with Gasteiger partial charge in [0.05, 0.1) is 0 Å². The van der Waals surface area contributed by atoms with Gasteiger partial charge in [0.25, 0.3) is 0 Å². The van der Waals surface area contributed by atoms with Gasteiger partial charge in [0.15, 0.2) is 11.5 Å². The van der Waals surface area contributed by atoms with Crippen molar-refractivity contribution in [3.8, 4) is 22.9 Å². The van der Waals surface area contributed by atoms with E-state index in [4.69, 9.17) is 9.47 Å². The van der Waals surface area contributed by atoms with Crippen molar-refractivity contribution >= 4 is 5.91 Å². The quantitative estimate of drug-likeness (QED) is 0.940. The van der Waals surface area contributed by atoms with Gasteiger partial charge in [0.1, 0.15) is 19.0 Å². The smallest absolute Gasteiger partial charge is 0.220 e. The van der Waals surface area contributed by atoms with E-state index in [-0.39, 0.29) is 11.9 Å². The Bertz CT molecular complexity index is 754. The van der Waals surface area contributed by atoms with E-state index >= 15 is 0 Å². The molecule has 3 heterocycles. The second kappa shape index (κ2) is 5.61. The number of nitrogens with zero attached hydrogens (tertiary/aromatic N) is 2. The normalized spacial score (nSPS) is 19.7. The molecule has 0 saturated carbocycles. The minimum absolute atomic E-state index is 0.132. The molecule has 1 atom stereocenters. The van der Waals surface area contributed by atoms with Crippen molar-refractivity contribution < 1.29 is 14.3 Å². The molecule has 23 heavy (non-hydrogen) atoms. The van der Waals surface area contributed by atoms with E-state index in [0.717, 1.165) is 41.4 Å². The third kappa shape index (κ3) is 2.65. The summed E-state index contributed by atoms with van der Waals surface area (Å²) in [6.45, 7) is 3.93. The summed E-state index contributed by atoms with van der Waals surface area (Å²) < 4.78 is 13.4. The Balaban J connectivity index is 1.66. The van der Waals surface area contributed by atoms with Crippen LogP contribution in [0.25, 0.3) is 11.4 Å². The van der Waals surface area contributed by atoms with E-state index in [2.05, 4.69) is 14.9 Å². The summed E-state index contributed by atoms with van der Waals surface area (Å²) in [6, 6.07) is 4.17. The van der Waals surface area contributed by atoms with Crippen LogP contribution in [0.4, 0.5) is 0 Å². The molecular weight excluding hydrogens is 294 g/mol. The first kappa shape index (κ1) is 14.1. The number of ether oxygens (including phenoxy) is 2. The Kier molecular flexibility index (Phi) is 3.44. The maximum Gasteiger partial charge on any atom is 0.220 e. The van der Waals surface area contributed by atoms with Crippen LogP contribution in [-0.2, 0) is 11.3 Å². The van der Waals surface area contributed by atoms with Crippen LogP contribution in [0.1, 0.15) is 18.4 Å². The fraction of sp³-hybridized carbons (Fsp3) is 0.412. The lowest BCUT2D eigenvalue weighted by Crippen LogP contribution is -2.29. The number of aromatic nitrogens is 2. The number of fused-ring (bicyclic) bond motifs is 1. The van der Waals surface area contributed by atoms with Crippen molar-refractivity contribution in [3.05, 3.63) is 30.1 Å². The highest BCUT2D eigenvalue weighted by molar-refractivity contribution is 5.78. The second-order valence-electron chi connectivity index (χ2n) is 6.02. The van der Waals surface area contributed by atoms with E-state index in [1.54, 1.807) is 6.20 Å². The molecule has 1 aromatic heterocycles. The molecule has 0 radical (unpaired) electrons. The van der Waals surface area contributed by atoms with Crippen LogP contribution in [-0.4, -0.2) is 34.7 Å². The number of hydrogen-bond donors (Lipinski definition) is 1. The van der Waals surface area contributed by atoms with Gasteiger partial charge in [-0.2, -0.15) is 0 Å². The molecule has 1 amide bonds. The number of aryl methyl sites for hydroxylation is 1. The molecule has 6 nitrogen and oxygen atoms in total. The van der Waals surface area contributed by atoms with Gasteiger partial charge in [-0.3, -0.25) is 4.79 Å². The fourth-order valence-corrected chi connectivity index (χ4v) is 3.18. The lowest BCUT2D eigenvalue weighted by molar-refractivity contribution is -0.119.